The predicted molar refractivity (Wildman–Crippen MR) is 61.1 cm³/mol. The third-order valence-corrected chi connectivity index (χ3v) is 2.06. The van der Waals surface area contributed by atoms with Gasteiger partial charge < -0.3 is 4.74 Å². The Morgan fingerprint density at radius 2 is 2.18 bits per heavy atom. The van der Waals surface area contributed by atoms with Crippen LogP contribution in [0.2, 0.25) is 0 Å². The van der Waals surface area contributed by atoms with E-state index >= 15 is 0 Å². The fourth-order valence-corrected chi connectivity index (χ4v) is 1.22. The molecule has 0 aliphatic carbocycles. The summed E-state index contributed by atoms with van der Waals surface area (Å²) < 4.78 is 30.7. The van der Waals surface area contributed by atoms with Gasteiger partial charge in [0.1, 0.15) is 11.8 Å². The van der Waals surface area contributed by atoms with Crippen molar-refractivity contribution < 1.29 is 17.4 Å². The molecule has 0 bridgehead atoms. The zero-order valence-corrected chi connectivity index (χ0v) is 10.1. The largest absolute Gasteiger partial charge is 0.497 e. The Balaban J connectivity index is 3.06. The quantitative estimate of drug-likeness (QED) is 0.588. The molecular formula is C10H10N2O4S. The summed E-state index contributed by atoms with van der Waals surface area (Å²) in [5.41, 5.74) is 0.268. The molecule has 0 aromatic heterocycles. The summed E-state index contributed by atoms with van der Waals surface area (Å²) >= 11 is 0. The maximum Gasteiger partial charge on any atom is 0.325 e. The minimum Gasteiger partial charge on any atom is -0.497 e. The molecule has 1 aromatic rings. The van der Waals surface area contributed by atoms with Crippen molar-refractivity contribution in [3.05, 3.63) is 29.8 Å². The van der Waals surface area contributed by atoms with Crippen molar-refractivity contribution in [1.82, 2.24) is 0 Å². The molecule has 0 N–H and O–H groups in total. The van der Waals surface area contributed by atoms with Gasteiger partial charge in [-0.3, -0.25) is 4.28 Å². The second kappa shape index (κ2) is 5.32. The molecule has 0 unspecified atom stereocenters. The lowest BCUT2D eigenvalue weighted by Crippen LogP contribution is -2.03. The van der Waals surface area contributed by atoms with Crippen molar-refractivity contribution in [2.24, 2.45) is 5.16 Å². The summed E-state index contributed by atoms with van der Waals surface area (Å²) in [6.45, 7) is 0. The van der Waals surface area contributed by atoms with Crippen LogP contribution in [0.3, 0.4) is 0 Å². The van der Waals surface area contributed by atoms with Crippen LogP contribution in [-0.4, -0.2) is 27.5 Å². The number of hydrogen-bond donors (Lipinski definition) is 0. The fourth-order valence-electron chi connectivity index (χ4n) is 1.01. The summed E-state index contributed by atoms with van der Waals surface area (Å²) in [5.74, 6) is 0.532. The number of nitrogens with zero attached hydrogens (tertiary/aromatic N) is 2. The second-order valence-corrected chi connectivity index (χ2v) is 4.62. The zero-order chi connectivity index (χ0) is 12.9. The maximum atomic E-state index is 10.7. The number of nitriles is 1. The van der Waals surface area contributed by atoms with Crippen LogP contribution in [0, 0.1) is 11.3 Å². The van der Waals surface area contributed by atoms with Crippen LogP contribution in [0.1, 0.15) is 5.56 Å². The predicted octanol–water partition coefficient (Wildman–Crippen LogP) is 0.899. The highest BCUT2D eigenvalue weighted by atomic mass is 32.2. The minimum absolute atomic E-state index is 0.144. The third-order valence-electron chi connectivity index (χ3n) is 1.71. The molecule has 0 saturated heterocycles. The first-order chi connectivity index (χ1) is 7.96. The summed E-state index contributed by atoms with van der Waals surface area (Å²) in [5, 5.41) is 12.1. The van der Waals surface area contributed by atoms with Crippen LogP contribution in [0.5, 0.6) is 5.75 Å². The Kier molecular flexibility index (Phi) is 4.06. The molecule has 0 spiro atoms. The summed E-state index contributed by atoms with van der Waals surface area (Å²) in [6, 6.07) is 8.23. The van der Waals surface area contributed by atoms with E-state index in [0.717, 1.165) is 6.26 Å². The van der Waals surface area contributed by atoms with Crippen LogP contribution in [0.15, 0.2) is 29.4 Å². The number of ether oxygens (including phenoxy) is 1. The Labute approximate surface area is 99.2 Å². The van der Waals surface area contributed by atoms with E-state index < -0.39 is 10.1 Å². The van der Waals surface area contributed by atoms with Gasteiger partial charge in [0.25, 0.3) is 0 Å². The van der Waals surface area contributed by atoms with E-state index in [4.69, 9.17) is 10.00 Å². The van der Waals surface area contributed by atoms with Crippen molar-refractivity contribution in [2.45, 2.75) is 0 Å². The Bertz CT molecular complexity index is 572. The van der Waals surface area contributed by atoms with E-state index in [1.165, 1.54) is 7.11 Å². The summed E-state index contributed by atoms with van der Waals surface area (Å²) in [6.07, 6.45) is 0.844. The lowest BCUT2D eigenvalue weighted by Gasteiger charge is -2.02. The first-order valence-corrected chi connectivity index (χ1v) is 6.29. The molecule has 1 aromatic carbocycles. The zero-order valence-electron chi connectivity index (χ0n) is 9.25. The second-order valence-electron chi connectivity index (χ2n) is 3.06. The molecule has 0 aliphatic heterocycles. The van der Waals surface area contributed by atoms with E-state index in [0.29, 0.717) is 11.3 Å². The molecule has 0 atom stereocenters. The average molecular weight is 254 g/mol. The molecular weight excluding hydrogens is 244 g/mol. The molecule has 17 heavy (non-hydrogen) atoms. The summed E-state index contributed by atoms with van der Waals surface area (Å²) in [7, 11) is -2.24. The van der Waals surface area contributed by atoms with Crippen molar-refractivity contribution in [3.8, 4) is 11.8 Å². The first-order valence-electron chi connectivity index (χ1n) is 4.47. The molecule has 0 fully saturated rings. The minimum atomic E-state index is -3.72. The molecule has 90 valence electrons. The van der Waals surface area contributed by atoms with E-state index in [1.807, 2.05) is 0 Å². The molecule has 0 aliphatic rings. The maximum absolute atomic E-state index is 10.7. The highest BCUT2D eigenvalue weighted by Gasteiger charge is 2.07. The Morgan fingerprint density at radius 3 is 2.71 bits per heavy atom. The highest BCUT2D eigenvalue weighted by Crippen LogP contribution is 2.13. The Hall–Kier alpha value is -2.07. The number of methoxy groups -OCH3 is 1. The van der Waals surface area contributed by atoms with Gasteiger partial charge in [-0.15, -0.1) is 0 Å². The molecule has 0 heterocycles. The van der Waals surface area contributed by atoms with Gasteiger partial charge in [-0.25, -0.2) is 0 Å². The van der Waals surface area contributed by atoms with Gasteiger partial charge in [0.05, 0.1) is 13.4 Å². The smallest absolute Gasteiger partial charge is 0.325 e. The molecule has 0 saturated carbocycles. The van der Waals surface area contributed by atoms with E-state index in [9.17, 15) is 8.42 Å². The van der Waals surface area contributed by atoms with E-state index in [1.54, 1.807) is 30.3 Å². The van der Waals surface area contributed by atoms with Gasteiger partial charge in [0.15, 0.2) is 5.71 Å². The standard InChI is InChI=1S/C10H10N2O4S/c1-15-9-5-3-4-8(6-9)10(7-11)12-16-17(2,13)14/h3-6H,1-2H3/b12-10+. The molecule has 1 rings (SSSR count). The van der Waals surface area contributed by atoms with Crippen molar-refractivity contribution in [3.63, 3.8) is 0 Å². The number of hydrogen-bond acceptors (Lipinski definition) is 6. The van der Waals surface area contributed by atoms with Crippen LogP contribution >= 0.6 is 0 Å². The Morgan fingerprint density at radius 1 is 1.47 bits per heavy atom. The molecule has 6 nitrogen and oxygen atoms in total. The number of oxime groups is 1. The van der Waals surface area contributed by atoms with Crippen LogP contribution in [0.25, 0.3) is 0 Å². The van der Waals surface area contributed by atoms with Gasteiger partial charge in [-0.1, -0.05) is 17.3 Å². The van der Waals surface area contributed by atoms with Crippen LogP contribution < -0.4 is 4.74 Å². The normalized spacial score (nSPS) is 11.7. The SMILES string of the molecule is COc1cccc(/C(C#N)=N/OS(C)(=O)=O)c1. The third kappa shape index (κ3) is 4.12. The number of rotatable bonds is 4. The van der Waals surface area contributed by atoms with Gasteiger partial charge in [-0.05, 0) is 12.1 Å². The van der Waals surface area contributed by atoms with Crippen LogP contribution in [0.4, 0.5) is 0 Å². The van der Waals surface area contributed by atoms with Gasteiger partial charge >= 0.3 is 10.1 Å². The van der Waals surface area contributed by atoms with E-state index in [2.05, 4.69) is 9.44 Å². The highest BCUT2D eigenvalue weighted by molar-refractivity contribution is 7.85. The summed E-state index contributed by atoms with van der Waals surface area (Å²) in [4.78, 5) is 0. The van der Waals surface area contributed by atoms with Crippen molar-refractivity contribution in [2.75, 3.05) is 13.4 Å². The lowest BCUT2D eigenvalue weighted by atomic mass is 10.1. The monoisotopic (exact) mass is 254 g/mol. The topological polar surface area (TPSA) is 88.8 Å². The fraction of sp³-hybridized carbons (Fsp3) is 0.200. The molecule has 0 radical (unpaired) electrons. The lowest BCUT2D eigenvalue weighted by molar-refractivity contribution is 0.344. The van der Waals surface area contributed by atoms with Gasteiger partial charge in [0, 0.05) is 5.56 Å². The van der Waals surface area contributed by atoms with Crippen molar-refractivity contribution in [1.29, 1.82) is 5.26 Å². The van der Waals surface area contributed by atoms with Crippen LogP contribution in [-0.2, 0) is 14.4 Å². The first kappa shape index (κ1) is 13.0. The average Bonchev–Trinajstić information content (AvgIpc) is 2.29. The molecule has 7 heteroatoms. The van der Waals surface area contributed by atoms with Crippen molar-refractivity contribution >= 4 is 15.8 Å². The van der Waals surface area contributed by atoms with Gasteiger partial charge in [0.2, 0.25) is 0 Å². The van der Waals surface area contributed by atoms with Gasteiger partial charge in [-0.2, -0.15) is 13.7 Å². The van der Waals surface area contributed by atoms with E-state index in [-0.39, 0.29) is 5.71 Å². The number of benzene rings is 1. The molecule has 0 amide bonds.